The summed E-state index contributed by atoms with van der Waals surface area (Å²) < 4.78 is 0.0106. The summed E-state index contributed by atoms with van der Waals surface area (Å²) in [5.74, 6) is -2.72. The summed E-state index contributed by atoms with van der Waals surface area (Å²) >= 11 is 2.88. The van der Waals surface area contributed by atoms with Crippen LogP contribution < -0.4 is 0 Å². The van der Waals surface area contributed by atoms with Crippen molar-refractivity contribution in [3.05, 3.63) is 10.6 Å². The van der Waals surface area contributed by atoms with Crippen LogP contribution in [0.1, 0.15) is 39.0 Å². The molecule has 0 heterocycles. The zero-order valence-electron chi connectivity index (χ0n) is 7.83. The van der Waals surface area contributed by atoms with Crippen LogP contribution in [0.25, 0.3) is 0 Å². The van der Waals surface area contributed by atoms with Crippen LogP contribution in [0.2, 0.25) is 0 Å². The van der Waals surface area contributed by atoms with Crippen LogP contribution in [-0.2, 0) is 0 Å². The molecular weight excluding hydrogens is 236 g/mol. The minimum absolute atomic E-state index is 0.0106. The lowest BCUT2D eigenvalue weighted by atomic mass is 10.1. The van der Waals surface area contributed by atoms with Crippen molar-refractivity contribution in [2.24, 2.45) is 0 Å². The van der Waals surface area contributed by atoms with Crippen LogP contribution >= 0.6 is 15.9 Å². The lowest BCUT2D eigenvalue weighted by molar-refractivity contribution is -0.275. The minimum Gasteiger partial charge on any atom is -0.339 e. The average Bonchev–Trinajstić information content (AvgIpc) is 2.02. The number of rotatable bonds is 6. The van der Waals surface area contributed by atoms with Crippen molar-refractivity contribution >= 4 is 15.9 Å². The Balaban J connectivity index is 3.60. The summed E-state index contributed by atoms with van der Waals surface area (Å²) in [6.07, 6.45) is 6.81. The lowest BCUT2D eigenvalue weighted by Gasteiger charge is -2.12. The van der Waals surface area contributed by atoms with E-state index in [4.69, 9.17) is 15.3 Å². The van der Waals surface area contributed by atoms with E-state index < -0.39 is 5.97 Å². The number of unbranched alkanes of at least 4 members (excludes halogenated alkanes) is 4. The van der Waals surface area contributed by atoms with Crippen molar-refractivity contribution in [3.63, 3.8) is 0 Å². The number of allylic oxidation sites excluding steroid dienone is 1. The molecule has 3 N–H and O–H groups in total. The third-order valence-corrected chi connectivity index (χ3v) is 2.56. The Hall–Kier alpha value is 0.1000. The second-order valence-electron chi connectivity index (χ2n) is 3.04. The molecule has 0 unspecified atom stereocenters. The Morgan fingerprint density at radius 2 is 1.85 bits per heavy atom. The van der Waals surface area contributed by atoms with Gasteiger partial charge >= 0.3 is 5.97 Å². The Labute approximate surface area is 87.2 Å². The largest absolute Gasteiger partial charge is 0.339 e. The van der Waals surface area contributed by atoms with Crippen molar-refractivity contribution in [1.82, 2.24) is 0 Å². The molecule has 0 aromatic carbocycles. The topological polar surface area (TPSA) is 60.7 Å². The molecular formula is C9H17BrO3. The predicted octanol–water partition coefficient (Wildman–Crippen LogP) is 1.87. The molecule has 0 aromatic heterocycles. The van der Waals surface area contributed by atoms with E-state index in [9.17, 15) is 0 Å². The Morgan fingerprint density at radius 1 is 1.23 bits per heavy atom. The summed E-state index contributed by atoms with van der Waals surface area (Å²) in [7, 11) is 0. The van der Waals surface area contributed by atoms with Crippen LogP contribution in [0.3, 0.4) is 0 Å². The van der Waals surface area contributed by atoms with E-state index in [1.54, 1.807) is 6.08 Å². The highest BCUT2D eigenvalue weighted by atomic mass is 79.9. The van der Waals surface area contributed by atoms with E-state index in [1.807, 2.05) is 0 Å². The summed E-state index contributed by atoms with van der Waals surface area (Å²) in [5.41, 5.74) is 0. The van der Waals surface area contributed by atoms with Gasteiger partial charge in [-0.15, -0.1) is 0 Å². The lowest BCUT2D eigenvalue weighted by Crippen LogP contribution is -2.27. The molecule has 0 bridgehead atoms. The average molecular weight is 253 g/mol. The van der Waals surface area contributed by atoms with Gasteiger partial charge in [-0.2, -0.15) is 0 Å². The highest BCUT2D eigenvalue weighted by Crippen LogP contribution is 2.18. The van der Waals surface area contributed by atoms with E-state index in [0.717, 1.165) is 19.3 Å². The van der Waals surface area contributed by atoms with Crippen molar-refractivity contribution in [3.8, 4) is 0 Å². The molecule has 0 saturated heterocycles. The van der Waals surface area contributed by atoms with Crippen LogP contribution in [0, 0.1) is 0 Å². The fraction of sp³-hybridized carbons (Fsp3) is 0.778. The van der Waals surface area contributed by atoms with Crippen molar-refractivity contribution in [2.75, 3.05) is 0 Å². The van der Waals surface area contributed by atoms with Crippen LogP contribution in [0.5, 0.6) is 0 Å². The first-order chi connectivity index (χ1) is 5.98. The normalized spacial score (nSPS) is 13.5. The van der Waals surface area contributed by atoms with E-state index in [-0.39, 0.29) is 4.48 Å². The monoisotopic (exact) mass is 252 g/mol. The summed E-state index contributed by atoms with van der Waals surface area (Å²) in [6, 6.07) is 0. The fourth-order valence-corrected chi connectivity index (χ4v) is 1.17. The van der Waals surface area contributed by atoms with E-state index in [1.165, 1.54) is 12.8 Å². The Morgan fingerprint density at radius 3 is 2.31 bits per heavy atom. The van der Waals surface area contributed by atoms with Crippen molar-refractivity contribution in [2.45, 2.75) is 45.0 Å². The predicted molar refractivity (Wildman–Crippen MR) is 55.2 cm³/mol. The van der Waals surface area contributed by atoms with Crippen LogP contribution in [-0.4, -0.2) is 21.3 Å². The third kappa shape index (κ3) is 7.19. The molecule has 0 fully saturated rings. The molecule has 0 atom stereocenters. The number of hydrogen-bond acceptors (Lipinski definition) is 3. The second-order valence-corrected chi connectivity index (χ2v) is 3.89. The van der Waals surface area contributed by atoms with Gasteiger partial charge in [0.05, 0.1) is 4.48 Å². The first-order valence-corrected chi connectivity index (χ1v) is 5.31. The molecule has 0 aliphatic heterocycles. The first-order valence-electron chi connectivity index (χ1n) is 4.51. The molecule has 0 amide bonds. The van der Waals surface area contributed by atoms with E-state index >= 15 is 0 Å². The molecule has 0 aliphatic carbocycles. The van der Waals surface area contributed by atoms with Gasteiger partial charge in [-0.05, 0) is 28.8 Å². The molecule has 0 aliphatic rings. The molecule has 0 spiro atoms. The van der Waals surface area contributed by atoms with Crippen LogP contribution in [0.4, 0.5) is 0 Å². The smallest absolute Gasteiger partial charge is 0.310 e. The van der Waals surface area contributed by atoms with Gasteiger partial charge in [0.25, 0.3) is 0 Å². The van der Waals surface area contributed by atoms with Gasteiger partial charge in [-0.3, -0.25) is 0 Å². The Bertz CT molecular complexity index is 161. The maximum atomic E-state index is 8.68. The zero-order chi connectivity index (χ0) is 10.3. The summed E-state index contributed by atoms with van der Waals surface area (Å²) in [4.78, 5) is 0. The molecule has 0 rings (SSSR count). The van der Waals surface area contributed by atoms with Gasteiger partial charge in [0.1, 0.15) is 0 Å². The molecule has 0 radical (unpaired) electrons. The second kappa shape index (κ2) is 6.54. The Kier molecular flexibility index (Phi) is 6.59. The summed E-state index contributed by atoms with van der Waals surface area (Å²) in [6.45, 7) is 2.13. The maximum Gasteiger partial charge on any atom is 0.310 e. The standard InChI is InChI=1S/C9H17BrO3/c1-2-3-4-5-6-7-8(10)9(11,12)13/h7,11-13H,2-6H2,1H3. The SMILES string of the molecule is CCCCCCC=C(Br)C(O)(O)O. The van der Waals surface area contributed by atoms with Crippen molar-refractivity contribution < 1.29 is 15.3 Å². The van der Waals surface area contributed by atoms with Gasteiger partial charge in [-0.25, -0.2) is 0 Å². The molecule has 13 heavy (non-hydrogen) atoms. The van der Waals surface area contributed by atoms with Gasteiger partial charge in [0.2, 0.25) is 0 Å². The highest BCUT2D eigenvalue weighted by molar-refractivity contribution is 9.11. The van der Waals surface area contributed by atoms with Gasteiger partial charge in [0, 0.05) is 0 Å². The van der Waals surface area contributed by atoms with E-state index in [0.29, 0.717) is 0 Å². The quantitative estimate of drug-likeness (QED) is 0.500. The minimum atomic E-state index is -2.72. The van der Waals surface area contributed by atoms with E-state index in [2.05, 4.69) is 22.9 Å². The zero-order valence-corrected chi connectivity index (χ0v) is 9.42. The summed E-state index contributed by atoms with van der Waals surface area (Å²) in [5, 5.41) is 26.1. The fourth-order valence-electron chi connectivity index (χ4n) is 0.937. The van der Waals surface area contributed by atoms with Crippen LogP contribution in [0.15, 0.2) is 10.6 Å². The van der Waals surface area contributed by atoms with Crippen molar-refractivity contribution in [1.29, 1.82) is 0 Å². The van der Waals surface area contributed by atoms with Gasteiger partial charge in [0.15, 0.2) is 0 Å². The number of halogens is 1. The third-order valence-electron chi connectivity index (χ3n) is 1.70. The molecule has 4 heteroatoms. The molecule has 0 saturated carbocycles. The number of aliphatic hydroxyl groups is 3. The molecule has 78 valence electrons. The molecule has 0 aromatic rings. The highest BCUT2D eigenvalue weighted by Gasteiger charge is 2.21. The van der Waals surface area contributed by atoms with Gasteiger partial charge < -0.3 is 15.3 Å². The molecule has 3 nitrogen and oxygen atoms in total. The van der Waals surface area contributed by atoms with Gasteiger partial charge in [-0.1, -0.05) is 32.3 Å². The maximum absolute atomic E-state index is 8.68. The number of hydrogen-bond donors (Lipinski definition) is 3. The first kappa shape index (κ1) is 13.1.